The number of benzene rings is 1. The Labute approximate surface area is 93.8 Å². The lowest BCUT2D eigenvalue weighted by molar-refractivity contribution is 0.603. The maximum Gasteiger partial charge on any atom is 0.0469 e. The molecule has 0 aliphatic rings. The van der Waals surface area contributed by atoms with E-state index in [0.717, 1.165) is 5.56 Å². The zero-order valence-corrected chi connectivity index (χ0v) is 9.38. The SMILES string of the molecule is C[C@@H](NN)c1ccc(Cl)cc1Cl.Cl. The number of rotatable bonds is 2. The number of nitrogens with one attached hydrogen (secondary N) is 1. The molecule has 0 radical (unpaired) electrons. The van der Waals surface area contributed by atoms with Gasteiger partial charge in [-0.15, -0.1) is 12.4 Å². The summed E-state index contributed by atoms with van der Waals surface area (Å²) in [5.74, 6) is 5.27. The molecule has 0 saturated heterocycles. The van der Waals surface area contributed by atoms with Crippen LogP contribution in [0.1, 0.15) is 18.5 Å². The van der Waals surface area contributed by atoms with Crippen molar-refractivity contribution < 1.29 is 0 Å². The number of hydrogen-bond donors (Lipinski definition) is 2. The van der Waals surface area contributed by atoms with Crippen molar-refractivity contribution in [3.05, 3.63) is 33.8 Å². The Hall–Kier alpha value is 0.01000. The first-order valence-electron chi connectivity index (χ1n) is 3.56. The first-order chi connectivity index (χ1) is 5.65. The highest BCUT2D eigenvalue weighted by Crippen LogP contribution is 2.25. The van der Waals surface area contributed by atoms with Gasteiger partial charge in [-0.05, 0) is 24.6 Å². The minimum absolute atomic E-state index is 0. The molecule has 0 aliphatic heterocycles. The third-order valence-corrected chi connectivity index (χ3v) is 2.24. The fraction of sp³-hybridized carbons (Fsp3) is 0.250. The number of nitrogens with two attached hydrogens (primary N) is 1. The summed E-state index contributed by atoms with van der Waals surface area (Å²) >= 11 is 11.7. The van der Waals surface area contributed by atoms with Crippen molar-refractivity contribution >= 4 is 35.6 Å². The fourth-order valence-corrected chi connectivity index (χ4v) is 1.51. The van der Waals surface area contributed by atoms with E-state index in [4.69, 9.17) is 29.0 Å². The normalized spacial score (nSPS) is 12.0. The number of halogens is 3. The third kappa shape index (κ3) is 3.33. The highest BCUT2D eigenvalue weighted by molar-refractivity contribution is 6.35. The van der Waals surface area contributed by atoms with Crippen LogP contribution >= 0.6 is 35.6 Å². The first-order valence-corrected chi connectivity index (χ1v) is 4.32. The summed E-state index contributed by atoms with van der Waals surface area (Å²) in [7, 11) is 0. The van der Waals surface area contributed by atoms with Crippen molar-refractivity contribution in [3.8, 4) is 0 Å². The standard InChI is InChI=1S/C8H10Cl2N2.ClH/c1-5(12-11)7-3-2-6(9)4-8(7)10;/h2-5,12H,11H2,1H3;1H/t5-;/m1./s1. The molecule has 0 spiro atoms. The molecule has 0 bridgehead atoms. The van der Waals surface area contributed by atoms with Crippen molar-refractivity contribution in [1.29, 1.82) is 0 Å². The summed E-state index contributed by atoms with van der Waals surface area (Å²) < 4.78 is 0. The van der Waals surface area contributed by atoms with Crippen LogP contribution in [0.4, 0.5) is 0 Å². The minimum atomic E-state index is 0. The molecule has 13 heavy (non-hydrogen) atoms. The molecule has 0 aromatic heterocycles. The Morgan fingerprint density at radius 1 is 1.38 bits per heavy atom. The first kappa shape index (κ1) is 13.0. The number of hydrogen-bond acceptors (Lipinski definition) is 2. The summed E-state index contributed by atoms with van der Waals surface area (Å²) in [5.41, 5.74) is 3.56. The molecule has 3 N–H and O–H groups in total. The van der Waals surface area contributed by atoms with Gasteiger partial charge in [-0.25, -0.2) is 0 Å². The second kappa shape index (κ2) is 5.68. The number of hydrazine groups is 1. The monoisotopic (exact) mass is 240 g/mol. The second-order valence-electron chi connectivity index (χ2n) is 2.55. The Morgan fingerprint density at radius 3 is 2.46 bits per heavy atom. The van der Waals surface area contributed by atoms with E-state index in [-0.39, 0.29) is 18.4 Å². The van der Waals surface area contributed by atoms with Gasteiger partial charge in [0.25, 0.3) is 0 Å². The smallest absolute Gasteiger partial charge is 0.0469 e. The Morgan fingerprint density at radius 2 is 2.00 bits per heavy atom. The lowest BCUT2D eigenvalue weighted by Crippen LogP contribution is -2.25. The summed E-state index contributed by atoms with van der Waals surface area (Å²) in [6.07, 6.45) is 0. The molecule has 74 valence electrons. The summed E-state index contributed by atoms with van der Waals surface area (Å²) in [5, 5.41) is 1.26. The Bertz CT molecular complexity index is 278. The van der Waals surface area contributed by atoms with Crippen LogP contribution in [0.3, 0.4) is 0 Å². The summed E-state index contributed by atoms with van der Waals surface area (Å²) in [4.78, 5) is 0. The van der Waals surface area contributed by atoms with E-state index in [2.05, 4.69) is 5.43 Å². The van der Waals surface area contributed by atoms with Crippen LogP contribution in [0.15, 0.2) is 18.2 Å². The molecular formula is C8H11Cl3N2. The maximum atomic E-state index is 5.92. The van der Waals surface area contributed by atoms with Crippen LogP contribution in [-0.4, -0.2) is 0 Å². The van der Waals surface area contributed by atoms with Gasteiger partial charge in [0.2, 0.25) is 0 Å². The highest BCUT2D eigenvalue weighted by atomic mass is 35.5. The molecule has 0 heterocycles. The van der Waals surface area contributed by atoms with Crippen molar-refractivity contribution in [1.82, 2.24) is 5.43 Å². The second-order valence-corrected chi connectivity index (χ2v) is 3.40. The van der Waals surface area contributed by atoms with Gasteiger partial charge in [-0.3, -0.25) is 11.3 Å². The van der Waals surface area contributed by atoms with Crippen LogP contribution in [0.2, 0.25) is 10.0 Å². The summed E-state index contributed by atoms with van der Waals surface area (Å²) in [6.45, 7) is 1.93. The molecule has 0 fully saturated rings. The van der Waals surface area contributed by atoms with E-state index >= 15 is 0 Å². The molecular weight excluding hydrogens is 230 g/mol. The molecule has 5 heteroatoms. The topological polar surface area (TPSA) is 38.0 Å². The van der Waals surface area contributed by atoms with E-state index in [1.54, 1.807) is 12.1 Å². The van der Waals surface area contributed by atoms with Gasteiger partial charge in [-0.2, -0.15) is 0 Å². The maximum absolute atomic E-state index is 5.92. The van der Waals surface area contributed by atoms with Gasteiger partial charge in [0, 0.05) is 16.1 Å². The van der Waals surface area contributed by atoms with Crippen molar-refractivity contribution in [2.75, 3.05) is 0 Å². The molecule has 1 aromatic carbocycles. The van der Waals surface area contributed by atoms with E-state index in [1.165, 1.54) is 0 Å². The predicted octanol–water partition coefficient (Wildman–Crippen LogP) is 2.94. The molecule has 0 amide bonds. The van der Waals surface area contributed by atoms with Crippen LogP contribution in [0, 0.1) is 0 Å². The van der Waals surface area contributed by atoms with Crippen molar-refractivity contribution in [2.45, 2.75) is 13.0 Å². The van der Waals surface area contributed by atoms with Gasteiger partial charge in [-0.1, -0.05) is 29.3 Å². The van der Waals surface area contributed by atoms with Gasteiger partial charge in [0.15, 0.2) is 0 Å². The Balaban J connectivity index is 0.00000144. The zero-order chi connectivity index (χ0) is 9.14. The Kier molecular flexibility index (Phi) is 5.68. The molecule has 0 unspecified atom stereocenters. The van der Waals surface area contributed by atoms with Crippen molar-refractivity contribution in [3.63, 3.8) is 0 Å². The van der Waals surface area contributed by atoms with E-state index in [1.807, 2.05) is 13.0 Å². The van der Waals surface area contributed by atoms with Gasteiger partial charge < -0.3 is 0 Å². The van der Waals surface area contributed by atoms with E-state index in [0.29, 0.717) is 10.0 Å². The van der Waals surface area contributed by atoms with Gasteiger partial charge >= 0.3 is 0 Å². The molecule has 0 saturated carbocycles. The van der Waals surface area contributed by atoms with E-state index in [9.17, 15) is 0 Å². The molecule has 1 atom stereocenters. The van der Waals surface area contributed by atoms with Crippen LogP contribution < -0.4 is 11.3 Å². The fourth-order valence-electron chi connectivity index (χ4n) is 0.942. The molecule has 0 aliphatic carbocycles. The molecule has 1 rings (SSSR count). The van der Waals surface area contributed by atoms with Crippen LogP contribution in [0.25, 0.3) is 0 Å². The van der Waals surface area contributed by atoms with Crippen LogP contribution in [0.5, 0.6) is 0 Å². The lowest BCUT2D eigenvalue weighted by Gasteiger charge is -2.11. The van der Waals surface area contributed by atoms with Crippen molar-refractivity contribution in [2.24, 2.45) is 5.84 Å². The van der Waals surface area contributed by atoms with Gasteiger partial charge in [0.1, 0.15) is 0 Å². The minimum Gasteiger partial charge on any atom is -0.271 e. The third-order valence-electron chi connectivity index (χ3n) is 1.68. The largest absolute Gasteiger partial charge is 0.271 e. The predicted molar refractivity (Wildman–Crippen MR) is 59.4 cm³/mol. The highest BCUT2D eigenvalue weighted by Gasteiger charge is 2.07. The quantitative estimate of drug-likeness (QED) is 0.617. The molecule has 2 nitrogen and oxygen atoms in total. The molecule has 1 aromatic rings. The zero-order valence-electron chi connectivity index (χ0n) is 7.05. The summed E-state index contributed by atoms with van der Waals surface area (Å²) in [6, 6.07) is 5.38. The average molecular weight is 242 g/mol. The van der Waals surface area contributed by atoms with Crippen LogP contribution in [-0.2, 0) is 0 Å². The van der Waals surface area contributed by atoms with Gasteiger partial charge in [0.05, 0.1) is 0 Å². The van der Waals surface area contributed by atoms with E-state index < -0.39 is 0 Å². The average Bonchev–Trinajstić information content (AvgIpc) is 2.03. The lowest BCUT2D eigenvalue weighted by atomic mass is 10.1.